The molecule has 6 nitrogen and oxygen atoms in total. The Hall–Kier alpha value is -2.63. The normalized spacial score (nSPS) is 17.6. The van der Waals surface area contributed by atoms with Crippen LogP contribution in [0.1, 0.15) is 69.3 Å². The number of carbonyl (C=O) groups excluding carboxylic acids is 1. The zero-order valence-corrected chi connectivity index (χ0v) is 15.6. The van der Waals surface area contributed by atoms with Crippen molar-refractivity contribution in [2.24, 2.45) is 0 Å². The molecule has 1 N–H and O–H groups in total. The molecular weight excluding hydrogens is 342 g/mol. The monoisotopic (exact) mass is 367 g/mol. The van der Waals surface area contributed by atoms with Crippen molar-refractivity contribution >= 4 is 11.9 Å². The van der Waals surface area contributed by atoms with E-state index in [1.807, 2.05) is 15.6 Å². The number of carboxylic acid groups (broad SMARTS) is 1. The molecule has 2 aliphatic rings. The molecule has 0 radical (unpaired) electrons. The van der Waals surface area contributed by atoms with Gasteiger partial charge in [-0.2, -0.15) is 5.10 Å². The number of likely N-dealkylation sites (tertiary alicyclic amines) is 1. The fourth-order valence-corrected chi connectivity index (χ4v) is 4.36. The number of aromatic nitrogens is 2. The molecule has 0 saturated carbocycles. The van der Waals surface area contributed by atoms with E-state index in [1.54, 1.807) is 6.92 Å². The summed E-state index contributed by atoms with van der Waals surface area (Å²) in [5, 5.41) is 13.5. The summed E-state index contributed by atoms with van der Waals surface area (Å²) in [5.74, 6) is -0.844. The molecule has 1 amide bonds. The first-order chi connectivity index (χ1) is 13.0. The van der Waals surface area contributed by atoms with Crippen LogP contribution in [0.25, 0.3) is 0 Å². The van der Waals surface area contributed by atoms with Crippen LogP contribution in [-0.2, 0) is 12.8 Å². The SMILES string of the molecule is Cc1c(C(=O)O)cnn1C1CCN(C(=O)c2ccc3c(c2)CCCC3)CC1. The Morgan fingerprint density at radius 1 is 1.11 bits per heavy atom. The van der Waals surface area contributed by atoms with E-state index < -0.39 is 5.97 Å². The van der Waals surface area contributed by atoms with Crippen LogP contribution < -0.4 is 0 Å². The van der Waals surface area contributed by atoms with E-state index >= 15 is 0 Å². The minimum atomic E-state index is -0.946. The minimum absolute atomic E-state index is 0.102. The van der Waals surface area contributed by atoms with E-state index in [4.69, 9.17) is 0 Å². The second-order valence-electron chi connectivity index (χ2n) is 7.61. The van der Waals surface area contributed by atoms with Crippen LogP contribution in [0, 0.1) is 6.92 Å². The van der Waals surface area contributed by atoms with Gasteiger partial charge in [-0.15, -0.1) is 0 Å². The first-order valence-electron chi connectivity index (χ1n) is 9.73. The van der Waals surface area contributed by atoms with Crippen molar-refractivity contribution in [1.29, 1.82) is 0 Å². The van der Waals surface area contributed by atoms with Gasteiger partial charge in [0.05, 0.1) is 17.9 Å². The first kappa shape index (κ1) is 17.8. The molecule has 0 bridgehead atoms. The van der Waals surface area contributed by atoms with Gasteiger partial charge in [-0.05, 0) is 68.7 Å². The molecule has 1 aromatic heterocycles. The zero-order chi connectivity index (χ0) is 19.0. The quantitative estimate of drug-likeness (QED) is 0.904. The maximum absolute atomic E-state index is 12.9. The molecule has 1 aliphatic heterocycles. The van der Waals surface area contributed by atoms with Crippen LogP contribution in [0.2, 0.25) is 0 Å². The number of piperidine rings is 1. The van der Waals surface area contributed by atoms with Gasteiger partial charge in [0.1, 0.15) is 5.56 Å². The third kappa shape index (κ3) is 3.36. The highest BCUT2D eigenvalue weighted by molar-refractivity contribution is 5.94. The largest absolute Gasteiger partial charge is 0.478 e. The van der Waals surface area contributed by atoms with E-state index in [0.717, 1.165) is 31.2 Å². The van der Waals surface area contributed by atoms with Gasteiger partial charge in [0.25, 0.3) is 5.91 Å². The Morgan fingerprint density at radius 2 is 1.81 bits per heavy atom. The molecule has 0 unspecified atom stereocenters. The summed E-state index contributed by atoms with van der Waals surface area (Å²) in [7, 11) is 0. The van der Waals surface area contributed by atoms with Crippen molar-refractivity contribution in [3.63, 3.8) is 0 Å². The number of amides is 1. The summed E-state index contributed by atoms with van der Waals surface area (Å²) in [6, 6.07) is 6.31. The number of rotatable bonds is 3. The number of hydrogen-bond acceptors (Lipinski definition) is 3. The standard InChI is InChI=1S/C21H25N3O3/c1-14-19(21(26)27)13-22-24(14)18-8-10-23(11-9-18)20(25)17-7-6-15-4-2-3-5-16(15)12-17/h6-7,12-13,18H,2-5,8-11H2,1H3,(H,26,27). The lowest BCUT2D eigenvalue weighted by Crippen LogP contribution is -2.39. The number of benzene rings is 1. The Morgan fingerprint density at radius 3 is 2.48 bits per heavy atom. The highest BCUT2D eigenvalue weighted by atomic mass is 16.4. The maximum atomic E-state index is 12.9. The zero-order valence-electron chi connectivity index (χ0n) is 15.6. The van der Waals surface area contributed by atoms with Crippen LogP contribution in [0.3, 0.4) is 0 Å². The third-order valence-electron chi connectivity index (χ3n) is 5.97. The van der Waals surface area contributed by atoms with Gasteiger partial charge in [-0.1, -0.05) is 6.07 Å². The van der Waals surface area contributed by atoms with E-state index in [9.17, 15) is 14.7 Å². The van der Waals surface area contributed by atoms with Gasteiger partial charge in [-0.25, -0.2) is 4.79 Å². The molecule has 1 saturated heterocycles. The van der Waals surface area contributed by atoms with Gasteiger partial charge in [0, 0.05) is 18.7 Å². The molecule has 1 aliphatic carbocycles. The molecule has 142 valence electrons. The van der Waals surface area contributed by atoms with Crippen molar-refractivity contribution in [3.05, 3.63) is 52.3 Å². The molecular formula is C21H25N3O3. The summed E-state index contributed by atoms with van der Waals surface area (Å²) in [6.45, 7) is 3.13. The van der Waals surface area contributed by atoms with Crippen molar-refractivity contribution in [2.45, 2.75) is 51.5 Å². The highest BCUT2D eigenvalue weighted by Gasteiger charge is 2.27. The molecule has 0 atom stereocenters. The number of hydrogen-bond donors (Lipinski definition) is 1. The predicted molar refractivity (Wildman–Crippen MR) is 101 cm³/mol. The number of carbonyl (C=O) groups is 2. The van der Waals surface area contributed by atoms with Gasteiger partial charge in [0.15, 0.2) is 0 Å². The van der Waals surface area contributed by atoms with Crippen LogP contribution >= 0.6 is 0 Å². The second kappa shape index (κ2) is 7.18. The number of aryl methyl sites for hydroxylation is 2. The molecule has 2 heterocycles. The van der Waals surface area contributed by atoms with Crippen LogP contribution in [0.15, 0.2) is 24.4 Å². The molecule has 27 heavy (non-hydrogen) atoms. The average molecular weight is 367 g/mol. The van der Waals surface area contributed by atoms with Crippen molar-refractivity contribution in [3.8, 4) is 0 Å². The summed E-state index contributed by atoms with van der Waals surface area (Å²) in [4.78, 5) is 26.0. The Balaban J connectivity index is 1.43. The average Bonchev–Trinajstić information content (AvgIpc) is 3.09. The van der Waals surface area contributed by atoms with Gasteiger partial charge in [-0.3, -0.25) is 9.48 Å². The number of carboxylic acids is 1. The summed E-state index contributed by atoms with van der Waals surface area (Å²) >= 11 is 0. The third-order valence-corrected chi connectivity index (χ3v) is 5.97. The van der Waals surface area contributed by atoms with Gasteiger partial charge in [0.2, 0.25) is 0 Å². The van der Waals surface area contributed by atoms with E-state index in [2.05, 4.69) is 17.2 Å². The lowest BCUT2D eigenvalue weighted by molar-refractivity contribution is 0.0688. The number of nitrogens with zero attached hydrogens (tertiary/aromatic N) is 3. The lowest BCUT2D eigenvalue weighted by Gasteiger charge is -2.33. The van der Waals surface area contributed by atoms with Crippen LogP contribution in [0.4, 0.5) is 0 Å². The number of aromatic carboxylic acids is 1. The molecule has 1 aromatic carbocycles. The summed E-state index contributed by atoms with van der Waals surface area (Å²) in [5.41, 5.74) is 4.44. The summed E-state index contributed by atoms with van der Waals surface area (Å²) in [6.07, 6.45) is 7.64. The molecule has 4 rings (SSSR count). The van der Waals surface area contributed by atoms with E-state index in [0.29, 0.717) is 18.8 Å². The topological polar surface area (TPSA) is 75.4 Å². The van der Waals surface area contributed by atoms with E-state index in [1.165, 1.54) is 30.2 Å². The van der Waals surface area contributed by atoms with Crippen molar-refractivity contribution < 1.29 is 14.7 Å². The van der Waals surface area contributed by atoms with Gasteiger partial charge >= 0.3 is 5.97 Å². The Bertz CT molecular complexity index is 879. The molecule has 2 aromatic rings. The van der Waals surface area contributed by atoms with Crippen LogP contribution in [0.5, 0.6) is 0 Å². The van der Waals surface area contributed by atoms with E-state index in [-0.39, 0.29) is 17.5 Å². The molecule has 1 fully saturated rings. The fourth-order valence-electron chi connectivity index (χ4n) is 4.36. The highest BCUT2D eigenvalue weighted by Crippen LogP contribution is 2.27. The lowest BCUT2D eigenvalue weighted by atomic mass is 9.90. The molecule has 6 heteroatoms. The van der Waals surface area contributed by atoms with Gasteiger partial charge < -0.3 is 10.0 Å². The van der Waals surface area contributed by atoms with Crippen LogP contribution in [-0.4, -0.2) is 44.8 Å². The summed E-state index contributed by atoms with van der Waals surface area (Å²) < 4.78 is 1.81. The second-order valence-corrected chi connectivity index (χ2v) is 7.61. The minimum Gasteiger partial charge on any atom is -0.478 e. The molecule has 0 spiro atoms. The fraction of sp³-hybridized carbons (Fsp3) is 0.476. The predicted octanol–water partition coefficient (Wildman–Crippen LogP) is 3.25. The Labute approximate surface area is 158 Å². The van der Waals surface area contributed by atoms with Crippen molar-refractivity contribution in [2.75, 3.05) is 13.1 Å². The maximum Gasteiger partial charge on any atom is 0.339 e. The smallest absolute Gasteiger partial charge is 0.339 e. The first-order valence-corrected chi connectivity index (χ1v) is 9.73. The Kier molecular flexibility index (Phi) is 4.72. The van der Waals surface area contributed by atoms with Crippen molar-refractivity contribution in [1.82, 2.24) is 14.7 Å². The number of fused-ring (bicyclic) bond motifs is 1.